The van der Waals surface area contributed by atoms with Crippen molar-refractivity contribution in [3.05, 3.63) is 77.9 Å². The summed E-state index contributed by atoms with van der Waals surface area (Å²) in [5.41, 5.74) is 4.06. The second-order valence-corrected chi connectivity index (χ2v) is 13.9. The van der Waals surface area contributed by atoms with Crippen molar-refractivity contribution in [2.24, 2.45) is 40.2 Å². The maximum atomic E-state index is 14.7. The fraction of sp³-hybridized carbons (Fsp3) is 0.417. The predicted octanol–water partition coefficient (Wildman–Crippen LogP) is 3.91. The van der Waals surface area contributed by atoms with E-state index < -0.39 is 63.9 Å². The molecule has 8 heteroatoms. The number of phenols is 1. The average molecular weight is 598 g/mol. The zero-order valence-electron chi connectivity index (χ0n) is 25.3. The van der Waals surface area contributed by atoms with Gasteiger partial charge >= 0.3 is 0 Å². The van der Waals surface area contributed by atoms with Gasteiger partial charge in [-0.05, 0) is 58.4 Å². The van der Waals surface area contributed by atoms with Crippen LogP contribution < -0.4 is 5.73 Å². The van der Waals surface area contributed by atoms with Crippen molar-refractivity contribution >= 4 is 17.5 Å². The summed E-state index contributed by atoms with van der Waals surface area (Å²) in [7, 11) is 0. The predicted molar refractivity (Wildman–Crippen MR) is 164 cm³/mol. The minimum atomic E-state index is -2.55. The van der Waals surface area contributed by atoms with Crippen LogP contribution in [0.25, 0.3) is 22.3 Å². The Labute approximate surface area is 256 Å². The fourth-order valence-electron chi connectivity index (χ4n) is 9.31. The van der Waals surface area contributed by atoms with Gasteiger partial charge in [-0.3, -0.25) is 14.4 Å². The van der Waals surface area contributed by atoms with E-state index in [9.17, 15) is 34.8 Å². The maximum Gasteiger partial charge on any atom is 0.230 e. The number of hydrogen-bond acceptors (Lipinski definition) is 7. The van der Waals surface area contributed by atoms with Gasteiger partial charge < -0.3 is 26.2 Å². The van der Waals surface area contributed by atoms with Crippen molar-refractivity contribution in [3.8, 4) is 28.0 Å². The molecule has 2 unspecified atom stereocenters. The molecule has 0 bridgehead atoms. The first-order valence-electron chi connectivity index (χ1n) is 15.1. The number of aliphatic hydroxyl groups is 3. The highest BCUT2D eigenvalue weighted by molar-refractivity contribution is 6.10. The number of hydrogen-bond donors (Lipinski definition) is 5. The molecule has 6 N–H and O–H groups in total. The Morgan fingerprint density at radius 3 is 2.00 bits per heavy atom. The summed E-state index contributed by atoms with van der Waals surface area (Å²) in [6.45, 7) is 7.17. The molecule has 44 heavy (non-hydrogen) atoms. The van der Waals surface area contributed by atoms with Crippen LogP contribution in [0.3, 0.4) is 0 Å². The van der Waals surface area contributed by atoms with E-state index in [0.717, 1.165) is 11.1 Å². The first kappa shape index (κ1) is 30.2. The van der Waals surface area contributed by atoms with Crippen molar-refractivity contribution in [3.63, 3.8) is 0 Å². The van der Waals surface area contributed by atoms with Gasteiger partial charge in [-0.1, -0.05) is 88.4 Å². The van der Waals surface area contributed by atoms with Crippen LogP contribution in [0.5, 0.6) is 5.75 Å². The lowest BCUT2D eigenvalue weighted by Crippen LogP contribution is -2.79. The number of primary amides is 1. The quantitative estimate of drug-likeness (QED) is 0.285. The highest BCUT2D eigenvalue weighted by Crippen LogP contribution is 2.66. The lowest BCUT2D eigenvalue weighted by Gasteiger charge is -2.66. The number of aliphatic hydroxyl groups excluding tert-OH is 2. The number of benzene rings is 3. The van der Waals surface area contributed by atoms with Gasteiger partial charge in [0.15, 0.2) is 17.2 Å². The van der Waals surface area contributed by atoms with Crippen molar-refractivity contribution in [1.29, 1.82) is 0 Å². The lowest BCUT2D eigenvalue weighted by atomic mass is 9.39. The Balaban J connectivity index is 1.61. The molecule has 0 aromatic heterocycles. The van der Waals surface area contributed by atoms with Gasteiger partial charge in [0.25, 0.3) is 0 Å². The summed E-state index contributed by atoms with van der Waals surface area (Å²) in [5.74, 6) is -7.12. The molecule has 2 saturated carbocycles. The molecule has 2 fully saturated rings. The lowest BCUT2D eigenvalue weighted by molar-refractivity contribution is -0.265. The highest BCUT2D eigenvalue weighted by Gasteiger charge is 2.76. The van der Waals surface area contributed by atoms with E-state index in [1.54, 1.807) is 6.92 Å². The van der Waals surface area contributed by atoms with Crippen LogP contribution in [0, 0.1) is 34.5 Å². The van der Waals surface area contributed by atoms with Crippen molar-refractivity contribution < 1.29 is 34.8 Å². The Kier molecular flexibility index (Phi) is 6.92. The molecule has 3 aromatic rings. The molecular weight excluding hydrogens is 558 g/mol. The van der Waals surface area contributed by atoms with Crippen LogP contribution in [-0.4, -0.2) is 55.7 Å². The molecule has 0 saturated heterocycles. The summed E-state index contributed by atoms with van der Waals surface area (Å²) >= 11 is 0. The van der Waals surface area contributed by atoms with E-state index >= 15 is 0 Å². The Morgan fingerprint density at radius 1 is 0.932 bits per heavy atom. The normalized spacial score (nSPS) is 34.7. The summed E-state index contributed by atoms with van der Waals surface area (Å²) < 4.78 is 0. The van der Waals surface area contributed by atoms with Crippen LogP contribution in [0.15, 0.2) is 66.7 Å². The van der Waals surface area contributed by atoms with Gasteiger partial charge in [-0.25, -0.2) is 0 Å². The first-order chi connectivity index (χ1) is 20.7. The number of carbonyl (C=O) groups is 3. The molecule has 1 amide bonds. The number of amides is 1. The van der Waals surface area contributed by atoms with Gasteiger partial charge in [0.1, 0.15) is 17.8 Å². The summed E-state index contributed by atoms with van der Waals surface area (Å²) in [5, 5.41) is 47.6. The topological polar surface area (TPSA) is 158 Å². The van der Waals surface area contributed by atoms with Gasteiger partial charge in [0, 0.05) is 11.0 Å². The highest BCUT2D eigenvalue weighted by atomic mass is 16.4. The molecule has 6 rings (SSSR count). The third kappa shape index (κ3) is 3.90. The number of fused-ring (bicyclic) bond motifs is 3. The molecule has 0 aliphatic heterocycles. The SMILES string of the molecule is CC(C)[C@H]1C(O)[C@@H](C(N)=O)C(=O)[C@]2(O)C(O)[C@H]3C(=O)c4c(O)c(-c5ccccc5)cc(-c5ccccc5)c4C[C@]3(C)C[C@]12C. The van der Waals surface area contributed by atoms with E-state index in [4.69, 9.17) is 5.73 Å². The Morgan fingerprint density at radius 2 is 1.48 bits per heavy atom. The Hall–Kier alpha value is -3.85. The smallest absolute Gasteiger partial charge is 0.230 e. The fourth-order valence-corrected chi connectivity index (χ4v) is 9.31. The molecule has 0 radical (unpaired) electrons. The van der Waals surface area contributed by atoms with Gasteiger partial charge in [-0.2, -0.15) is 0 Å². The van der Waals surface area contributed by atoms with E-state index in [2.05, 4.69) is 0 Å². The van der Waals surface area contributed by atoms with Crippen molar-refractivity contribution in [2.75, 3.05) is 0 Å². The molecule has 0 spiro atoms. The maximum absolute atomic E-state index is 14.7. The summed E-state index contributed by atoms with van der Waals surface area (Å²) in [4.78, 5) is 41.1. The molecular formula is C36H39NO7. The second-order valence-electron chi connectivity index (χ2n) is 13.9. The van der Waals surface area contributed by atoms with E-state index in [-0.39, 0.29) is 30.1 Å². The summed E-state index contributed by atoms with van der Waals surface area (Å²) in [6.07, 6.45) is -3.05. The van der Waals surface area contributed by atoms with E-state index in [1.807, 2.05) is 87.5 Å². The van der Waals surface area contributed by atoms with Gasteiger partial charge in [0.05, 0.1) is 17.6 Å². The summed E-state index contributed by atoms with van der Waals surface area (Å²) in [6, 6.07) is 20.6. The molecule has 0 heterocycles. The number of rotatable bonds is 4. The minimum absolute atomic E-state index is 0.0501. The molecule has 8 atom stereocenters. The van der Waals surface area contributed by atoms with Crippen LogP contribution in [-0.2, 0) is 16.0 Å². The monoisotopic (exact) mass is 597 g/mol. The van der Waals surface area contributed by atoms with Crippen molar-refractivity contribution in [2.45, 2.75) is 58.3 Å². The third-order valence-electron chi connectivity index (χ3n) is 11.0. The van der Waals surface area contributed by atoms with E-state index in [0.29, 0.717) is 16.7 Å². The molecule has 8 nitrogen and oxygen atoms in total. The van der Waals surface area contributed by atoms with Crippen LogP contribution in [0.1, 0.15) is 50.0 Å². The van der Waals surface area contributed by atoms with Crippen LogP contribution in [0.4, 0.5) is 0 Å². The first-order valence-corrected chi connectivity index (χ1v) is 15.1. The minimum Gasteiger partial charge on any atom is -0.507 e. The second kappa shape index (κ2) is 10.1. The van der Waals surface area contributed by atoms with E-state index in [1.165, 1.54) is 0 Å². The molecule has 3 aromatic carbocycles. The largest absolute Gasteiger partial charge is 0.507 e. The third-order valence-corrected chi connectivity index (χ3v) is 11.0. The number of aromatic hydroxyl groups is 1. The number of carbonyl (C=O) groups excluding carboxylic acids is 3. The van der Waals surface area contributed by atoms with Crippen molar-refractivity contribution in [1.82, 2.24) is 0 Å². The molecule has 3 aliphatic carbocycles. The number of phenolic OH excluding ortho intramolecular Hbond substituents is 1. The number of ketones is 2. The zero-order valence-corrected chi connectivity index (χ0v) is 25.3. The molecule has 3 aliphatic rings. The standard InChI is InChI=1S/C36H39NO7/c1-18(2)26-30(40)25(33(37)43)31(41)36(44)32(42)27-29(39)24-23(16-34(27,3)17-35(26,36)4)21(19-11-7-5-8-12-19)15-22(28(24)38)20-13-9-6-10-14-20/h5-15,18,25-27,30,32,38,40,42,44H,16-17H2,1-4H3,(H2,37,43)/t25-,26+,27-,30?,32?,34-,35-,36+/m1/s1. The number of nitrogens with two attached hydrogens (primary N) is 1. The van der Waals surface area contributed by atoms with Gasteiger partial charge in [0.2, 0.25) is 5.91 Å². The number of Topliss-reactive ketones (excluding diaryl/α,β-unsaturated/α-hetero) is 2. The average Bonchev–Trinajstić information content (AvgIpc) is 2.95. The van der Waals surface area contributed by atoms with Crippen LogP contribution >= 0.6 is 0 Å². The van der Waals surface area contributed by atoms with Gasteiger partial charge in [-0.15, -0.1) is 0 Å². The zero-order chi connectivity index (χ0) is 31.9. The molecule has 230 valence electrons. The Bertz CT molecular complexity index is 1670. The van der Waals surface area contributed by atoms with Crippen LogP contribution in [0.2, 0.25) is 0 Å².